The number of aromatic nitrogens is 2. The van der Waals surface area contributed by atoms with Crippen molar-refractivity contribution in [2.75, 3.05) is 6.54 Å². The normalized spacial score (nSPS) is 12.4. The third-order valence-electron chi connectivity index (χ3n) is 2.93. The summed E-state index contributed by atoms with van der Waals surface area (Å²) < 4.78 is 5.13. The Bertz CT molecular complexity index is 581. The first-order chi connectivity index (χ1) is 10.1. The van der Waals surface area contributed by atoms with Crippen molar-refractivity contribution in [3.05, 3.63) is 36.3 Å². The van der Waals surface area contributed by atoms with Gasteiger partial charge in [0.05, 0.1) is 6.10 Å². The molecular weight excluding hydrogens is 270 g/mol. The van der Waals surface area contributed by atoms with E-state index in [-0.39, 0.29) is 18.1 Å². The van der Waals surface area contributed by atoms with Gasteiger partial charge in [-0.3, -0.25) is 9.78 Å². The molecule has 0 fully saturated rings. The lowest BCUT2D eigenvalue weighted by Crippen LogP contribution is -2.32. The summed E-state index contributed by atoms with van der Waals surface area (Å²) in [7, 11) is 0. The number of amides is 1. The third kappa shape index (κ3) is 4.39. The second kappa shape index (κ2) is 6.99. The number of hydrogen-bond donors (Lipinski definition) is 2. The maximum absolute atomic E-state index is 11.9. The summed E-state index contributed by atoms with van der Waals surface area (Å²) in [5, 5.41) is 16.1. The van der Waals surface area contributed by atoms with Gasteiger partial charge in [-0.25, -0.2) is 0 Å². The van der Waals surface area contributed by atoms with Crippen molar-refractivity contribution in [2.45, 2.75) is 26.4 Å². The average molecular weight is 289 g/mol. The summed E-state index contributed by atoms with van der Waals surface area (Å²) >= 11 is 0. The van der Waals surface area contributed by atoms with Gasteiger partial charge < -0.3 is 14.9 Å². The van der Waals surface area contributed by atoms with Gasteiger partial charge >= 0.3 is 0 Å². The number of pyridine rings is 1. The molecule has 0 aromatic carbocycles. The third-order valence-corrected chi connectivity index (χ3v) is 2.93. The first kappa shape index (κ1) is 15.2. The maximum atomic E-state index is 11.9. The van der Waals surface area contributed by atoms with Gasteiger partial charge in [0.25, 0.3) is 5.91 Å². The Labute approximate surface area is 123 Å². The number of hydrogen-bond acceptors (Lipinski definition) is 5. The predicted molar refractivity (Wildman–Crippen MR) is 77.5 cm³/mol. The number of rotatable bonds is 6. The van der Waals surface area contributed by atoms with Crippen molar-refractivity contribution in [1.82, 2.24) is 15.5 Å². The Hall–Kier alpha value is -2.21. The minimum absolute atomic E-state index is 0.186. The fourth-order valence-corrected chi connectivity index (χ4v) is 1.96. The highest BCUT2D eigenvalue weighted by atomic mass is 16.5. The van der Waals surface area contributed by atoms with E-state index < -0.39 is 6.10 Å². The van der Waals surface area contributed by atoms with E-state index in [2.05, 4.69) is 15.5 Å². The van der Waals surface area contributed by atoms with Crippen LogP contribution in [0.15, 0.2) is 35.1 Å². The minimum atomic E-state index is -0.557. The molecule has 2 N–H and O–H groups in total. The van der Waals surface area contributed by atoms with E-state index >= 15 is 0 Å². The van der Waals surface area contributed by atoms with Crippen LogP contribution < -0.4 is 5.32 Å². The summed E-state index contributed by atoms with van der Waals surface area (Å²) in [6.45, 7) is 4.23. The minimum Gasteiger partial charge on any atom is -0.391 e. The fourth-order valence-electron chi connectivity index (χ4n) is 1.96. The van der Waals surface area contributed by atoms with E-state index in [9.17, 15) is 9.90 Å². The van der Waals surface area contributed by atoms with Crippen LogP contribution in [-0.2, 0) is 0 Å². The van der Waals surface area contributed by atoms with Crippen molar-refractivity contribution in [2.24, 2.45) is 5.92 Å². The molecular formula is C15H19N3O3. The number of carbonyl (C=O) groups excluding carboxylic acids is 1. The number of carbonyl (C=O) groups is 1. The monoisotopic (exact) mass is 289 g/mol. The molecule has 0 spiro atoms. The molecule has 2 heterocycles. The van der Waals surface area contributed by atoms with E-state index in [0.29, 0.717) is 18.1 Å². The molecule has 1 atom stereocenters. The molecule has 0 saturated carbocycles. The quantitative estimate of drug-likeness (QED) is 0.847. The second-order valence-corrected chi connectivity index (χ2v) is 5.31. The molecule has 0 saturated heterocycles. The fraction of sp³-hybridized carbons (Fsp3) is 0.400. The lowest BCUT2D eigenvalue weighted by atomic mass is 10.1. The zero-order valence-electron chi connectivity index (χ0n) is 12.1. The van der Waals surface area contributed by atoms with Crippen molar-refractivity contribution >= 4 is 5.91 Å². The van der Waals surface area contributed by atoms with Gasteiger partial charge in [-0.2, -0.15) is 0 Å². The van der Waals surface area contributed by atoms with Gasteiger partial charge in [0.2, 0.25) is 0 Å². The van der Waals surface area contributed by atoms with Crippen molar-refractivity contribution in [1.29, 1.82) is 0 Å². The zero-order chi connectivity index (χ0) is 15.2. The lowest BCUT2D eigenvalue weighted by molar-refractivity contribution is 0.0891. The van der Waals surface area contributed by atoms with Crippen LogP contribution in [0.2, 0.25) is 0 Å². The van der Waals surface area contributed by atoms with E-state index in [4.69, 9.17) is 4.52 Å². The summed E-state index contributed by atoms with van der Waals surface area (Å²) in [4.78, 5) is 15.9. The number of nitrogens with one attached hydrogen (secondary N) is 1. The Morgan fingerprint density at radius 1 is 1.48 bits per heavy atom. The molecule has 2 aromatic heterocycles. The predicted octanol–water partition coefficient (Wildman–Crippen LogP) is 1.87. The average Bonchev–Trinajstić information content (AvgIpc) is 2.95. The summed E-state index contributed by atoms with van der Waals surface area (Å²) in [5.74, 6) is 0.494. The SMILES string of the molecule is CC(C)CC(O)CNC(=O)c1cc(-c2cccnc2)on1. The van der Waals surface area contributed by atoms with Gasteiger partial charge in [0, 0.05) is 30.6 Å². The van der Waals surface area contributed by atoms with Gasteiger partial charge in [-0.05, 0) is 24.5 Å². The van der Waals surface area contributed by atoms with Gasteiger partial charge in [-0.15, -0.1) is 0 Å². The first-order valence-electron chi connectivity index (χ1n) is 6.89. The maximum Gasteiger partial charge on any atom is 0.273 e. The van der Waals surface area contributed by atoms with Crippen LogP contribution in [0.5, 0.6) is 0 Å². The molecule has 0 aliphatic heterocycles. The molecule has 6 nitrogen and oxygen atoms in total. The molecule has 1 unspecified atom stereocenters. The molecule has 6 heteroatoms. The second-order valence-electron chi connectivity index (χ2n) is 5.31. The topological polar surface area (TPSA) is 88.2 Å². The summed E-state index contributed by atoms with van der Waals surface area (Å²) in [6, 6.07) is 5.16. The Morgan fingerprint density at radius 3 is 2.95 bits per heavy atom. The van der Waals surface area contributed by atoms with Crippen LogP contribution in [-0.4, -0.2) is 33.8 Å². The van der Waals surface area contributed by atoms with Gasteiger partial charge in [0.15, 0.2) is 11.5 Å². The van der Waals surface area contributed by atoms with Crippen LogP contribution in [0.3, 0.4) is 0 Å². The molecule has 0 aliphatic rings. The first-order valence-corrected chi connectivity index (χ1v) is 6.89. The largest absolute Gasteiger partial charge is 0.391 e. The van der Waals surface area contributed by atoms with E-state index in [0.717, 1.165) is 5.56 Å². The highest BCUT2D eigenvalue weighted by molar-refractivity contribution is 5.93. The van der Waals surface area contributed by atoms with Crippen LogP contribution in [0, 0.1) is 5.92 Å². The molecule has 1 amide bonds. The summed E-state index contributed by atoms with van der Waals surface area (Å²) in [6.07, 6.45) is 3.37. The van der Waals surface area contributed by atoms with Crippen LogP contribution in [0.25, 0.3) is 11.3 Å². The number of nitrogens with zero attached hydrogens (tertiary/aromatic N) is 2. The van der Waals surface area contributed by atoms with Crippen LogP contribution in [0.1, 0.15) is 30.8 Å². The van der Waals surface area contributed by atoms with E-state index in [1.807, 2.05) is 19.9 Å². The van der Waals surface area contributed by atoms with Crippen molar-refractivity contribution in [3.8, 4) is 11.3 Å². The molecule has 0 aliphatic carbocycles. The highest BCUT2D eigenvalue weighted by Gasteiger charge is 2.15. The standard InChI is InChI=1S/C15H19N3O3/c1-10(2)6-12(19)9-17-15(20)13-7-14(21-18-13)11-4-3-5-16-8-11/h3-5,7-8,10,12,19H,6,9H2,1-2H3,(H,17,20). The number of aliphatic hydroxyl groups is 1. The molecule has 0 radical (unpaired) electrons. The van der Waals surface area contributed by atoms with E-state index in [1.54, 1.807) is 24.5 Å². The lowest BCUT2D eigenvalue weighted by Gasteiger charge is -2.12. The summed E-state index contributed by atoms with van der Waals surface area (Å²) in [5.41, 5.74) is 0.939. The van der Waals surface area contributed by atoms with Gasteiger partial charge in [0.1, 0.15) is 0 Å². The van der Waals surface area contributed by atoms with Crippen molar-refractivity contribution in [3.63, 3.8) is 0 Å². The zero-order valence-corrected chi connectivity index (χ0v) is 12.1. The molecule has 0 bridgehead atoms. The smallest absolute Gasteiger partial charge is 0.273 e. The molecule has 2 aromatic rings. The number of aliphatic hydroxyl groups excluding tert-OH is 1. The Morgan fingerprint density at radius 2 is 2.29 bits per heavy atom. The highest BCUT2D eigenvalue weighted by Crippen LogP contribution is 2.18. The Balaban J connectivity index is 1.93. The Kier molecular flexibility index (Phi) is 5.05. The van der Waals surface area contributed by atoms with Crippen LogP contribution >= 0.6 is 0 Å². The van der Waals surface area contributed by atoms with Gasteiger partial charge in [-0.1, -0.05) is 19.0 Å². The molecule has 2 rings (SSSR count). The van der Waals surface area contributed by atoms with Crippen LogP contribution in [0.4, 0.5) is 0 Å². The molecule has 112 valence electrons. The van der Waals surface area contributed by atoms with Crippen molar-refractivity contribution < 1.29 is 14.4 Å². The van der Waals surface area contributed by atoms with E-state index in [1.165, 1.54) is 0 Å². The molecule has 21 heavy (non-hydrogen) atoms.